The molecule has 1 aromatic heterocycles. The highest BCUT2D eigenvalue weighted by Gasteiger charge is 2.06. The number of amides is 1. The van der Waals surface area contributed by atoms with Crippen LogP contribution in [0.3, 0.4) is 0 Å². The number of nitrogens with one attached hydrogen (secondary N) is 1. The average Bonchev–Trinajstić information content (AvgIpc) is 3.11. The van der Waals surface area contributed by atoms with Gasteiger partial charge in [0.1, 0.15) is 11.5 Å². The topological polar surface area (TPSA) is 71.5 Å². The highest BCUT2D eigenvalue weighted by atomic mass is 32.1. The van der Waals surface area contributed by atoms with E-state index < -0.39 is 0 Å². The van der Waals surface area contributed by atoms with Crippen molar-refractivity contribution in [3.63, 3.8) is 0 Å². The summed E-state index contributed by atoms with van der Waals surface area (Å²) in [6, 6.07) is 14.5. The van der Waals surface area contributed by atoms with Gasteiger partial charge in [0.25, 0.3) is 5.91 Å². The maximum atomic E-state index is 11.9. The Bertz CT molecular complexity index is 858. The van der Waals surface area contributed by atoms with Crippen LogP contribution in [0.5, 0.6) is 11.5 Å². The first-order valence-corrected chi connectivity index (χ1v) is 9.18. The molecule has 6 heteroatoms. The summed E-state index contributed by atoms with van der Waals surface area (Å²) in [4.78, 5) is 16.4. The Morgan fingerprint density at radius 2 is 1.88 bits per heavy atom. The third-order valence-corrected chi connectivity index (χ3v) is 4.68. The van der Waals surface area contributed by atoms with Gasteiger partial charge in [0.2, 0.25) is 0 Å². The molecular weight excluding hydrogens is 348 g/mol. The molecule has 0 aliphatic heterocycles. The predicted molar refractivity (Wildman–Crippen MR) is 103 cm³/mol. The maximum Gasteiger partial charge on any atom is 0.257 e. The summed E-state index contributed by atoms with van der Waals surface area (Å²) in [5, 5.41) is 15.1. The Kier molecular flexibility index (Phi) is 5.86. The molecule has 0 saturated heterocycles. The molecule has 1 heterocycles. The van der Waals surface area contributed by atoms with E-state index in [4.69, 9.17) is 4.74 Å². The van der Waals surface area contributed by atoms with Gasteiger partial charge in [-0.05, 0) is 43.3 Å². The highest BCUT2D eigenvalue weighted by Crippen LogP contribution is 2.23. The molecule has 134 valence electrons. The number of phenols is 1. The van der Waals surface area contributed by atoms with E-state index in [0.29, 0.717) is 18.7 Å². The monoisotopic (exact) mass is 368 g/mol. The molecule has 0 atom stereocenters. The standard InChI is InChI=1S/C20H20N2O3S/c1-14-2-8-17(9-3-14)25-12-19(24)21-11-10-20-22-18(13-26-20)15-4-6-16(23)7-5-15/h2-9,13,23H,10-12H2,1H3,(H,21,24). The fourth-order valence-electron chi connectivity index (χ4n) is 2.33. The molecule has 0 bridgehead atoms. The molecule has 0 saturated carbocycles. The van der Waals surface area contributed by atoms with Crippen LogP contribution in [0.25, 0.3) is 11.3 Å². The highest BCUT2D eigenvalue weighted by molar-refractivity contribution is 7.09. The zero-order chi connectivity index (χ0) is 18.4. The van der Waals surface area contributed by atoms with Crippen molar-refractivity contribution in [1.29, 1.82) is 0 Å². The molecule has 0 aliphatic carbocycles. The Balaban J connectivity index is 1.42. The van der Waals surface area contributed by atoms with Gasteiger partial charge in [-0.1, -0.05) is 17.7 Å². The molecule has 1 amide bonds. The van der Waals surface area contributed by atoms with Gasteiger partial charge in [-0.15, -0.1) is 11.3 Å². The van der Waals surface area contributed by atoms with Crippen molar-refractivity contribution in [3.05, 3.63) is 64.5 Å². The second-order valence-electron chi connectivity index (χ2n) is 5.88. The number of thiazole rings is 1. The number of carbonyl (C=O) groups excluding carboxylic acids is 1. The van der Waals surface area contributed by atoms with Crippen LogP contribution in [0.2, 0.25) is 0 Å². The summed E-state index contributed by atoms with van der Waals surface area (Å²) in [6.45, 7) is 2.51. The number of rotatable bonds is 7. The van der Waals surface area contributed by atoms with Crippen LogP contribution in [0.15, 0.2) is 53.9 Å². The van der Waals surface area contributed by atoms with Crippen molar-refractivity contribution in [2.24, 2.45) is 0 Å². The quantitative estimate of drug-likeness (QED) is 0.669. The van der Waals surface area contributed by atoms with Crippen molar-refractivity contribution in [1.82, 2.24) is 10.3 Å². The smallest absolute Gasteiger partial charge is 0.257 e. The van der Waals surface area contributed by atoms with E-state index in [1.165, 1.54) is 0 Å². The molecule has 3 aromatic rings. The fraction of sp³-hybridized carbons (Fsp3) is 0.200. The zero-order valence-electron chi connectivity index (χ0n) is 14.4. The van der Waals surface area contributed by atoms with E-state index >= 15 is 0 Å². The Morgan fingerprint density at radius 1 is 1.15 bits per heavy atom. The largest absolute Gasteiger partial charge is 0.508 e. The summed E-state index contributed by atoms with van der Waals surface area (Å²) < 4.78 is 5.45. The third-order valence-electron chi connectivity index (χ3n) is 3.77. The number of hydrogen-bond donors (Lipinski definition) is 2. The van der Waals surface area contributed by atoms with Crippen molar-refractivity contribution in [3.8, 4) is 22.8 Å². The number of aromatic hydroxyl groups is 1. The van der Waals surface area contributed by atoms with Gasteiger partial charge in [0.05, 0.1) is 10.7 Å². The Hall–Kier alpha value is -2.86. The molecule has 0 fully saturated rings. The van der Waals surface area contributed by atoms with Crippen molar-refractivity contribution in [2.75, 3.05) is 13.2 Å². The zero-order valence-corrected chi connectivity index (χ0v) is 15.3. The first-order chi connectivity index (χ1) is 12.6. The van der Waals surface area contributed by atoms with E-state index in [-0.39, 0.29) is 18.3 Å². The first kappa shape index (κ1) is 17.9. The summed E-state index contributed by atoms with van der Waals surface area (Å²) in [6.07, 6.45) is 0.666. The number of carbonyl (C=O) groups is 1. The number of hydrogen-bond acceptors (Lipinski definition) is 5. The number of aromatic nitrogens is 1. The predicted octanol–water partition coefficient (Wildman–Crippen LogP) is 3.56. The number of benzene rings is 2. The number of phenolic OH excluding ortho intramolecular Hbond substituents is 1. The van der Waals surface area contributed by atoms with Crippen LogP contribution < -0.4 is 10.1 Å². The first-order valence-electron chi connectivity index (χ1n) is 8.30. The summed E-state index contributed by atoms with van der Waals surface area (Å²) in [5.74, 6) is 0.768. The van der Waals surface area contributed by atoms with Crippen LogP contribution in [0.4, 0.5) is 0 Å². The minimum absolute atomic E-state index is 0.000309. The Labute approximate surface area is 156 Å². The lowest BCUT2D eigenvalue weighted by molar-refractivity contribution is -0.123. The van der Waals surface area contributed by atoms with E-state index in [1.807, 2.05) is 48.7 Å². The van der Waals surface area contributed by atoms with Gasteiger partial charge in [-0.3, -0.25) is 4.79 Å². The number of aryl methyl sites for hydroxylation is 1. The maximum absolute atomic E-state index is 11.9. The SMILES string of the molecule is Cc1ccc(OCC(=O)NCCc2nc(-c3ccc(O)cc3)cs2)cc1. The van der Waals surface area contributed by atoms with Gasteiger partial charge < -0.3 is 15.2 Å². The minimum atomic E-state index is -0.152. The van der Waals surface area contributed by atoms with Crippen molar-refractivity contribution < 1.29 is 14.6 Å². The lowest BCUT2D eigenvalue weighted by Gasteiger charge is -2.07. The van der Waals surface area contributed by atoms with Crippen molar-refractivity contribution in [2.45, 2.75) is 13.3 Å². The van der Waals surface area contributed by atoms with Gasteiger partial charge in [0, 0.05) is 23.9 Å². The van der Waals surface area contributed by atoms with Gasteiger partial charge in [0.15, 0.2) is 6.61 Å². The van der Waals surface area contributed by atoms with Crippen molar-refractivity contribution >= 4 is 17.2 Å². The molecule has 26 heavy (non-hydrogen) atoms. The summed E-state index contributed by atoms with van der Waals surface area (Å²) in [5.41, 5.74) is 2.98. The van der Waals surface area contributed by atoms with E-state index in [1.54, 1.807) is 23.5 Å². The van der Waals surface area contributed by atoms with Crippen LogP contribution in [0, 0.1) is 6.92 Å². The average molecular weight is 368 g/mol. The second-order valence-corrected chi connectivity index (χ2v) is 6.82. The van der Waals surface area contributed by atoms with E-state index in [0.717, 1.165) is 21.8 Å². The van der Waals surface area contributed by atoms with Crippen LogP contribution in [-0.4, -0.2) is 29.1 Å². The molecule has 2 N–H and O–H groups in total. The second kappa shape index (κ2) is 8.49. The number of nitrogens with zero attached hydrogens (tertiary/aromatic N) is 1. The summed E-state index contributed by atoms with van der Waals surface area (Å²) in [7, 11) is 0. The van der Waals surface area contributed by atoms with Crippen LogP contribution in [0.1, 0.15) is 10.6 Å². The third kappa shape index (κ3) is 5.07. The molecule has 0 radical (unpaired) electrons. The van der Waals surface area contributed by atoms with Crippen LogP contribution >= 0.6 is 11.3 Å². The Morgan fingerprint density at radius 3 is 2.62 bits per heavy atom. The molecule has 0 unspecified atom stereocenters. The van der Waals surface area contributed by atoms with E-state index in [9.17, 15) is 9.90 Å². The minimum Gasteiger partial charge on any atom is -0.508 e. The molecule has 0 aliphatic rings. The normalized spacial score (nSPS) is 10.5. The molecule has 2 aromatic carbocycles. The summed E-state index contributed by atoms with van der Waals surface area (Å²) >= 11 is 1.56. The van der Waals surface area contributed by atoms with Gasteiger partial charge >= 0.3 is 0 Å². The van der Waals surface area contributed by atoms with E-state index in [2.05, 4.69) is 10.3 Å². The van der Waals surface area contributed by atoms with Gasteiger partial charge in [-0.25, -0.2) is 4.98 Å². The molecule has 5 nitrogen and oxygen atoms in total. The lowest BCUT2D eigenvalue weighted by atomic mass is 10.2. The van der Waals surface area contributed by atoms with Gasteiger partial charge in [-0.2, -0.15) is 0 Å². The molecular formula is C20H20N2O3S. The molecule has 3 rings (SSSR count). The molecule has 0 spiro atoms. The lowest BCUT2D eigenvalue weighted by Crippen LogP contribution is -2.30. The fourth-order valence-corrected chi connectivity index (χ4v) is 3.14. The van der Waals surface area contributed by atoms with Crippen LogP contribution in [-0.2, 0) is 11.2 Å². The number of ether oxygens (including phenoxy) is 1.